The minimum absolute atomic E-state index is 0.0173. The number of hydrogen-bond donors (Lipinski definition) is 5. The van der Waals surface area contributed by atoms with Gasteiger partial charge >= 0.3 is 0 Å². The van der Waals surface area contributed by atoms with Gasteiger partial charge < -0.3 is 36.4 Å². The third-order valence-electron chi connectivity index (χ3n) is 15.3. The van der Waals surface area contributed by atoms with E-state index in [1.54, 1.807) is 37.7 Å². The number of carbonyl (C=O) groups is 6. The Morgan fingerprint density at radius 2 is 0.976 bits per heavy atom. The van der Waals surface area contributed by atoms with Gasteiger partial charge in [-0.05, 0) is 152 Å². The normalized spacial score (nSPS) is 17.1. The lowest BCUT2D eigenvalue weighted by Gasteiger charge is -2.33. The highest BCUT2D eigenvalue weighted by molar-refractivity contribution is 7.89. The predicted octanol–water partition coefficient (Wildman–Crippen LogP) is 4.33. The number of carbonyl (C=O) groups excluding carboxylic acids is 6. The lowest BCUT2D eigenvalue weighted by Crippen LogP contribution is -2.55. The zero-order valence-electron chi connectivity index (χ0n) is 47.2. The molecule has 0 saturated carbocycles. The average molecular weight is 1180 g/mol. The SMILES string of the molecule is CN[C@@H](C)C(=O)N[C@@H](CCCCC(=O)C(=O)NCCC[C@H](NC(=O)[C@H](C)NC)C(=O)N1CCC[C@H]1CN(CCc1ccccc1)S(=O)(=O)c1ccc(F)cc1)C(=O)N1CCC[C@H]1CN(CCc1ccccc1)S(=O)(=O)c1ccc(F)cc1. The Morgan fingerprint density at radius 1 is 0.573 bits per heavy atom. The van der Waals surface area contributed by atoms with Crippen molar-refractivity contribution < 1.29 is 54.4 Å². The van der Waals surface area contributed by atoms with E-state index in [-0.39, 0.29) is 81.0 Å². The van der Waals surface area contributed by atoms with E-state index in [1.807, 2.05) is 60.7 Å². The van der Waals surface area contributed by atoms with Crippen LogP contribution in [0.25, 0.3) is 0 Å². The van der Waals surface area contributed by atoms with Crippen LogP contribution in [-0.2, 0) is 61.7 Å². The Balaban J connectivity index is 1.05. The first-order valence-corrected chi connectivity index (χ1v) is 31.1. The monoisotopic (exact) mass is 1180 g/mol. The van der Waals surface area contributed by atoms with Gasteiger partial charge in [-0.2, -0.15) is 8.61 Å². The van der Waals surface area contributed by atoms with Gasteiger partial charge in [-0.1, -0.05) is 67.1 Å². The first-order valence-electron chi connectivity index (χ1n) is 28.2. The summed E-state index contributed by atoms with van der Waals surface area (Å²) in [6.07, 6.45) is 3.56. The summed E-state index contributed by atoms with van der Waals surface area (Å²) in [6, 6.07) is 23.4. The molecule has 4 aromatic rings. The molecular weight excluding hydrogens is 1100 g/mol. The smallest absolute Gasteiger partial charge is 0.287 e. The van der Waals surface area contributed by atoms with E-state index >= 15 is 0 Å². The molecule has 0 radical (unpaired) electrons. The summed E-state index contributed by atoms with van der Waals surface area (Å²) in [5.74, 6) is -4.46. The Bertz CT molecular complexity index is 2780. The molecule has 6 atom stereocenters. The second-order valence-electron chi connectivity index (χ2n) is 21.0. The third-order valence-corrected chi connectivity index (χ3v) is 19.0. The quantitative estimate of drug-likeness (QED) is 0.0339. The van der Waals surface area contributed by atoms with E-state index in [4.69, 9.17) is 0 Å². The Morgan fingerprint density at radius 3 is 1.38 bits per heavy atom. The minimum atomic E-state index is -4.14. The average Bonchev–Trinajstić information content (AvgIpc) is 4.34. The van der Waals surface area contributed by atoms with Crippen molar-refractivity contribution >= 4 is 55.4 Å². The molecule has 2 aliphatic rings. The zero-order chi connectivity index (χ0) is 59.4. The second kappa shape index (κ2) is 31.2. The van der Waals surface area contributed by atoms with Crippen molar-refractivity contribution in [3.8, 4) is 0 Å². The zero-order valence-corrected chi connectivity index (χ0v) is 48.9. The number of rotatable bonds is 32. The maximum atomic E-state index is 14.5. The fourth-order valence-electron chi connectivity index (χ4n) is 10.2. The maximum absolute atomic E-state index is 14.5. The number of halogens is 2. The summed E-state index contributed by atoms with van der Waals surface area (Å²) < 4.78 is 86.8. The molecule has 82 heavy (non-hydrogen) atoms. The number of ketones is 1. The molecule has 0 unspecified atom stereocenters. The van der Waals surface area contributed by atoms with Crippen LogP contribution in [0.2, 0.25) is 0 Å². The molecule has 2 fully saturated rings. The summed E-state index contributed by atoms with van der Waals surface area (Å²) >= 11 is 0. The van der Waals surface area contributed by atoms with Crippen LogP contribution in [0.4, 0.5) is 8.78 Å². The largest absolute Gasteiger partial charge is 0.350 e. The number of amides is 5. The van der Waals surface area contributed by atoms with E-state index in [0.29, 0.717) is 51.6 Å². The number of likely N-dealkylation sites (N-methyl/N-ethyl adjacent to an activating group) is 2. The number of nitrogens with zero attached hydrogens (tertiary/aromatic N) is 4. The van der Waals surface area contributed by atoms with Gasteiger partial charge in [-0.3, -0.25) is 28.8 Å². The van der Waals surface area contributed by atoms with E-state index in [0.717, 1.165) is 35.4 Å². The molecule has 6 rings (SSSR count). The summed E-state index contributed by atoms with van der Waals surface area (Å²) in [7, 11) is -5.07. The van der Waals surface area contributed by atoms with Crippen molar-refractivity contribution in [1.82, 2.24) is 45.0 Å². The topological polar surface area (TPSA) is 244 Å². The van der Waals surface area contributed by atoms with E-state index in [2.05, 4.69) is 26.6 Å². The van der Waals surface area contributed by atoms with E-state index in [9.17, 15) is 54.4 Å². The van der Waals surface area contributed by atoms with Crippen molar-refractivity contribution in [2.75, 3.05) is 59.9 Å². The fraction of sp³-hybridized carbons (Fsp3) is 0.492. The van der Waals surface area contributed by atoms with E-state index < -0.39 is 103 Å². The third kappa shape index (κ3) is 18.2. The van der Waals surface area contributed by atoms with Gasteiger partial charge in [0.15, 0.2) is 0 Å². The van der Waals surface area contributed by atoms with Crippen molar-refractivity contribution in [3.05, 3.63) is 132 Å². The molecule has 5 N–H and O–H groups in total. The van der Waals surface area contributed by atoms with Crippen molar-refractivity contribution in [2.24, 2.45) is 0 Å². The highest BCUT2D eigenvalue weighted by Crippen LogP contribution is 2.27. The molecule has 0 spiro atoms. The number of likely N-dealkylation sites (tertiary alicyclic amines) is 2. The molecule has 446 valence electrons. The van der Waals surface area contributed by atoms with Crippen LogP contribution in [0.3, 0.4) is 0 Å². The van der Waals surface area contributed by atoms with Gasteiger partial charge in [-0.25, -0.2) is 25.6 Å². The van der Waals surface area contributed by atoms with Gasteiger partial charge in [-0.15, -0.1) is 0 Å². The summed E-state index contributed by atoms with van der Waals surface area (Å²) in [6.45, 7) is 3.96. The fourth-order valence-corrected chi connectivity index (χ4v) is 13.1. The van der Waals surface area contributed by atoms with Crippen LogP contribution >= 0.6 is 0 Å². The molecule has 2 saturated heterocycles. The van der Waals surface area contributed by atoms with Gasteiger partial charge in [0.25, 0.3) is 5.91 Å². The first-order chi connectivity index (χ1) is 39.2. The second-order valence-corrected chi connectivity index (χ2v) is 24.8. The molecule has 4 aromatic carbocycles. The Labute approximate surface area is 481 Å². The molecule has 2 heterocycles. The number of sulfonamides is 2. The number of Topliss-reactive ketones (excluding diaryl/α,β-unsaturated/α-hetero) is 1. The van der Waals surface area contributed by atoms with Crippen molar-refractivity contribution in [2.45, 2.75) is 137 Å². The summed E-state index contributed by atoms with van der Waals surface area (Å²) in [5.41, 5.74) is 1.81. The van der Waals surface area contributed by atoms with Crippen molar-refractivity contribution in [1.29, 1.82) is 0 Å². The lowest BCUT2D eigenvalue weighted by molar-refractivity contribution is -0.138. The molecule has 2 aliphatic heterocycles. The summed E-state index contributed by atoms with van der Waals surface area (Å²) in [5, 5.41) is 14.0. The Kier molecular flexibility index (Phi) is 24.6. The van der Waals surface area contributed by atoms with Crippen molar-refractivity contribution in [3.63, 3.8) is 0 Å². The first kappa shape index (κ1) is 64.7. The standard InChI is InChI=1S/C59H79F2N9O10S2/c1-42(62-3)55(72)65-52(58(75)69-36-14-20-48(69)40-67(38-33-44-16-7-5-8-17-44)81(77,78)50-29-25-46(60)26-30-50)22-11-12-24-54(71)57(74)64-35-13-23-53(66-56(73)43(2)63-4)59(76)70-37-15-21-49(70)41-68(39-34-45-18-9-6-10-19-45)82(79,80)51-31-27-47(61)28-32-51/h5-10,16-19,25-32,42-43,48-49,52-53,62-63H,11-15,20-24,33-41H2,1-4H3,(H,64,74)(H,65,72)(H,66,73)/t42-,43-,48-,49-,52-,53-/m0/s1. The predicted molar refractivity (Wildman–Crippen MR) is 307 cm³/mol. The molecule has 0 bridgehead atoms. The maximum Gasteiger partial charge on any atom is 0.287 e. The molecular formula is C59H79F2N9O10S2. The summed E-state index contributed by atoms with van der Waals surface area (Å²) in [4.78, 5) is 84.8. The van der Waals surface area contributed by atoms with Gasteiger partial charge in [0.2, 0.25) is 49.5 Å². The van der Waals surface area contributed by atoms with Crippen LogP contribution in [0.1, 0.15) is 89.2 Å². The lowest BCUT2D eigenvalue weighted by atomic mass is 10.0. The van der Waals surface area contributed by atoms with E-state index in [1.165, 1.54) is 32.9 Å². The highest BCUT2D eigenvalue weighted by atomic mass is 32.2. The van der Waals surface area contributed by atoms with Gasteiger partial charge in [0.05, 0.1) is 21.9 Å². The van der Waals surface area contributed by atoms with Crippen LogP contribution in [0, 0.1) is 11.6 Å². The van der Waals surface area contributed by atoms with Crippen LogP contribution in [0.5, 0.6) is 0 Å². The minimum Gasteiger partial charge on any atom is -0.350 e. The Hall–Kier alpha value is -6.50. The van der Waals surface area contributed by atoms with Crippen LogP contribution < -0.4 is 26.6 Å². The molecule has 0 aromatic heterocycles. The molecule has 5 amide bonds. The van der Waals surface area contributed by atoms with Gasteiger partial charge in [0.1, 0.15) is 23.7 Å². The van der Waals surface area contributed by atoms with Gasteiger partial charge in [0, 0.05) is 64.3 Å². The number of nitrogens with one attached hydrogen (secondary N) is 5. The number of unbranched alkanes of at least 4 members (excludes halogenated alkanes) is 1. The number of benzene rings is 4. The highest BCUT2D eigenvalue weighted by Gasteiger charge is 2.39. The van der Waals surface area contributed by atoms with Crippen LogP contribution in [-0.4, -0.2) is 167 Å². The number of hydrogen-bond acceptors (Lipinski definition) is 12. The molecule has 19 nitrogen and oxygen atoms in total. The molecule has 0 aliphatic carbocycles. The van der Waals surface area contributed by atoms with Crippen LogP contribution in [0.15, 0.2) is 119 Å². The molecule has 23 heteroatoms.